The summed E-state index contributed by atoms with van der Waals surface area (Å²) in [6.07, 6.45) is -41.8. The van der Waals surface area contributed by atoms with Gasteiger partial charge in [-0.15, -0.1) is 0 Å². The first-order chi connectivity index (χ1) is 73.0. The normalized spacial score (nSPS) is 37.0. The monoisotopic (exact) mass is 1700 g/mol. The summed E-state index contributed by atoms with van der Waals surface area (Å²) in [4.78, 5) is 221. The minimum absolute atomic E-state index is 0.153. The van der Waals surface area contributed by atoms with Gasteiger partial charge >= 0.3 is 0 Å². The number of hydrogen-bond donors (Lipinski definition) is 12. The third kappa shape index (κ3) is 16.6. The zero-order valence-corrected chi connectivity index (χ0v) is 58.8. The van der Waals surface area contributed by atoms with Crippen molar-refractivity contribution in [3.8, 4) is 0 Å². The molecule has 0 bridgehead atoms. The molecule has 0 radical (unpaired) electrons. The Labute approximate surface area is 732 Å². The van der Waals surface area contributed by atoms with Crippen LogP contribution in [0.4, 0.5) is 60.5 Å². The molecule has 120 heavy (non-hydrogen) atoms. The van der Waals surface area contributed by atoms with E-state index in [0.717, 1.165) is 0 Å². The van der Waals surface area contributed by atoms with E-state index in [1.54, 1.807) is 0 Å². The fourth-order valence-electron chi connectivity index (χ4n) is 11.6. The molecule has 18 rings (SSSR count). The maximum Gasteiger partial charge on any atom is 0.255 e. The highest BCUT2D eigenvalue weighted by Gasteiger charge is 2.47. The number of benzene rings is 6. The van der Waals surface area contributed by atoms with Gasteiger partial charge in [-0.3, -0.25) is 118 Å². The number of imide groups is 6. The summed E-state index contributed by atoms with van der Waals surface area (Å²) in [5.41, 5.74) is 24.1. The Hall–Kier alpha value is -14.6. The Morgan fingerprint density at radius 2 is 0.458 bits per heavy atom. The van der Waals surface area contributed by atoms with Crippen LogP contribution in [0.5, 0.6) is 0 Å². The first-order valence-corrected chi connectivity index (χ1v) is 32.6. The molecule has 2 unspecified atom stereocenters. The quantitative estimate of drug-likeness (QED) is 0.0629. The molecule has 6 aromatic carbocycles. The van der Waals surface area contributed by atoms with Crippen LogP contribution in [0.3, 0.4) is 0 Å². The van der Waals surface area contributed by atoms with Gasteiger partial charge in [-0.05, 0) is 111 Å². The lowest BCUT2D eigenvalue weighted by Gasteiger charge is -2.29. The molecule has 0 spiro atoms. The third-order valence-corrected chi connectivity index (χ3v) is 16.9. The standard InChI is InChI=1S/6C13H12FN3O3/c6*14-6-3-7-8(9(15)4-6)5-17(13(7)20)10-1-2-11(18)16-12(10)19/h6*3-4,10H,1-2,5,15H2,(H,16,18,19)/t4*10-;;/m1100../s1/i1D2,2D2,3D,4D,10D;1D2,2D2,5D2,10D;1D2,2D2,3D,4D,10D;1D2,2D2,5D2,10D;1D2,2D2,3D,4D,10D;1D2,2D2,5D2,10D. The highest BCUT2D eigenvalue weighted by atomic mass is 19.1. The summed E-state index contributed by atoms with van der Waals surface area (Å²) in [6, 6.07) is -22.0. The van der Waals surface area contributed by atoms with Crippen LogP contribution in [-0.2, 0) is 96.7 Å². The number of carbonyl (C=O) groups is 18. The predicted octanol–water partition coefficient (Wildman–Crippen LogP) is 1.01. The molecule has 0 aromatic heterocycles. The summed E-state index contributed by atoms with van der Waals surface area (Å²) in [5.74, 6) is -35.3. The molecule has 12 heterocycles. The summed E-state index contributed by atoms with van der Waals surface area (Å²) in [5, 5.41) is 8.96. The highest BCUT2D eigenvalue weighted by molar-refractivity contribution is 6.12. The lowest BCUT2D eigenvalue weighted by Crippen LogP contribution is -2.52. The first kappa shape index (κ1) is 45.2. The van der Waals surface area contributed by atoms with Gasteiger partial charge in [0.15, 0.2) is 0 Å². The number of amides is 18. The first-order valence-electron chi connectivity index (χ1n) is 53.6. The number of nitrogens with zero attached hydrogens (tertiary/aromatic N) is 6. The van der Waals surface area contributed by atoms with Crippen LogP contribution < -0.4 is 66.3 Å². The van der Waals surface area contributed by atoms with Gasteiger partial charge < -0.3 is 63.8 Å². The zero-order chi connectivity index (χ0) is 124. The van der Waals surface area contributed by atoms with E-state index in [1.165, 1.54) is 31.9 Å². The van der Waals surface area contributed by atoms with Crippen LogP contribution in [-0.4, -0.2) is 172 Å². The number of halogens is 6. The second-order valence-electron chi connectivity index (χ2n) is 24.5. The minimum Gasteiger partial charge on any atom is -0.398 e. The van der Waals surface area contributed by atoms with E-state index in [9.17, 15) is 113 Å². The van der Waals surface area contributed by atoms with Crippen molar-refractivity contribution in [2.45, 2.75) is 152 Å². The van der Waals surface area contributed by atoms with Gasteiger partial charge in [-0.1, -0.05) is 0 Å². The molecule has 6 fully saturated rings. The average Bonchev–Trinajstić information content (AvgIpc) is 1.46. The van der Waals surface area contributed by atoms with Crippen LogP contribution in [0.25, 0.3) is 0 Å². The molecule has 18 N–H and O–H groups in total. The minimum atomic E-state index is -3.65. The average molecular weight is 1710 g/mol. The number of anilines is 6. The lowest BCUT2D eigenvalue weighted by molar-refractivity contribution is -0.138. The van der Waals surface area contributed by atoms with Crippen LogP contribution in [0.15, 0.2) is 72.7 Å². The van der Waals surface area contributed by atoms with Gasteiger partial charge in [0.1, 0.15) is 71.0 Å². The largest absolute Gasteiger partial charge is 0.398 e. The molecule has 12 aliphatic heterocycles. The Kier molecular flexibility index (Phi) is 12.5. The highest BCUT2D eigenvalue weighted by Crippen LogP contribution is 2.39. The van der Waals surface area contributed by atoms with E-state index in [-0.39, 0.29) is 46.1 Å². The van der Waals surface area contributed by atoms with Crippen LogP contribution >= 0.6 is 0 Å². The van der Waals surface area contributed by atoms with Gasteiger partial charge in [0.2, 0.25) is 70.9 Å². The van der Waals surface area contributed by atoms with Crippen molar-refractivity contribution in [1.29, 1.82) is 0 Å². The summed E-state index contributed by atoms with van der Waals surface area (Å²) in [6.45, 7) is -11.4. The fraction of sp³-hybridized carbons (Fsp3) is 0.308. The number of nitrogens with one attached hydrogen (secondary N) is 6. The molecular formula is C78H72F6N18O18. The molecule has 624 valence electrons. The lowest BCUT2D eigenvalue weighted by atomic mass is 10.0. The third-order valence-electron chi connectivity index (χ3n) is 16.9. The second kappa shape index (κ2) is 33.2. The predicted molar refractivity (Wildman–Crippen MR) is 401 cm³/mol. The van der Waals surface area contributed by atoms with Crippen molar-refractivity contribution >= 4 is 140 Å². The van der Waals surface area contributed by atoms with Crippen molar-refractivity contribution < 1.29 is 170 Å². The van der Waals surface area contributed by atoms with E-state index in [0.29, 0.717) is 36.4 Å². The number of nitrogens with two attached hydrogens (primary N) is 6. The molecule has 0 aliphatic carbocycles. The SMILES string of the molecule is [2H]C1([2H])c2c(N)cc(F)cc2C(=O)N1C1([2H])C(=O)NC(=O)C([2H])([2H])C1([2H])[2H].[2H]C1([2H])c2c(N)cc(F)cc2C(=O)N1[C@@]1([2H])C(=O)NC(=O)C([2H])([2H])C1([2H])[2H].[2H]C1([2H])c2c(N)cc(F)cc2C(=O)N1[C@]1([2H])C(=O)NC(=O)C([2H])([2H])C1([2H])[2H].[2H]c1c(N)c2c(c([2H])c1F)C(=O)N(C1([2H])C(=O)NC(=O)C([2H])([2H])C1([2H])[2H])C2.[2H]c1c(N)c2c(c([2H])c1F)C(=O)N([C@@]1([2H])C(=O)NC(=O)C([2H])([2H])C1([2H])[2H])C2.[2H]c1c(N)c2c(c([2H])c1F)C(=O)N([C@]1([2H])C(=O)NC(=O)C([2H])([2H])C1([2H])[2H])C2. The summed E-state index contributed by atoms with van der Waals surface area (Å²) in [7, 11) is 0. The van der Waals surface area contributed by atoms with Crippen molar-refractivity contribution in [3.63, 3.8) is 0 Å². The van der Waals surface area contributed by atoms with Crippen molar-refractivity contribution in [2.24, 2.45) is 0 Å². The number of hydrogen-bond acceptors (Lipinski definition) is 24. The van der Waals surface area contributed by atoms with Gasteiger partial charge in [0.25, 0.3) is 35.4 Å². The molecule has 18 amide bonds. The molecule has 6 saturated heterocycles. The van der Waals surface area contributed by atoms with Crippen molar-refractivity contribution in [1.82, 2.24) is 61.3 Å². The molecule has 42 heteroatoms. The van der Waals surface area contributed by atoms with Gasteiger partial charge in [-0.2, -0.15) is 0 Å². The van der Waals surface area contributed by atoms with Crippen LogP contribution in [0.1, 0.15) is 230 Å². The Morgan fingerprint density at radius 1 is 0.267 bits per heavy atom. The Bertz CT molecular complexity index is 7180. The van der Waals surface area contributed by atoms with E-state index < -0.39 is 413 Å². The molecular weight excluding hydrogens is 1590 g/mol. The van der Waals surface area contributed by atoms with Crippen molar-refractivity contribution in [2.75, 3.05) is 34.4 Å². The smallest absolute Gasteiger partial charge is 0.255 e. The number of carbonyl (C=O) groups excluding carboxylic acids is 18. The van der Waals surface area contributed by atoms with Gasteiger partial charge in [0.05, 0.1) is 24.7 Å². The molecule has 6 aromatic rings. The molecule has 0 saturated carbocycles. The van der Waals surface area contributed by atoms with Crippen LogP contribution in [0.2, 0.25) is 0 Å². The van der Waals surface area contributed by atoms with E-state index in [2.05, 4.69) is 0 Å². The number of piperidine rings is 6. The summed E-state index contributed by atoms with van der Waals surface area (Å²) < 4.78 is 414. The second-order valence-corrected chi connectivity index (χ2v) is 24.5. The fourth-order valence-corrected chi connectivity index (χ4v) is 11.6. The molecule has 36 nitrogen and oxygen atoms in total. The van der Waals surface area contributed by atoms with Gasteiger partial charge in [0, 0.05) is 211 Å². The molecule has 12 aliphatic rings. The topological polar surface area (TPSA) is 555 Å². The van der Waals surface area contributed by atoms with Crippen molar-refractivity contribution in [3.05, 3.63) is 174 Å². The maximum absolute atomic E-state index is 14.0. The van der Waals surface area contributed by atoms with E-state index in [1.807, 2.05) is 0 Å². The number of fused-ring (bicyclic) bond motifs is 6. The Morgan fingerprint density at radius 3 is 0.667 bits per heavy atom. The van der Waals surface area contributed by atoms with E-state index in [4.69, 9.17) is 92.0 Å². The Balaban J connectivity index is 0.000000160. The zero-order valence-electron chi connectivity index (χ0n) is 101. The number of rotatable bonds is 6. The van der Waals surface area contributed by atoms with E-state index >= 15 is 0 Å². The maximum atomic E-state index is 14.0. The molecule has 6 atom stereocenters. The van der Waals surface area contributed by atoms with Gasteiger partial charge in [-0.25, -0.2) is 26.3 Å². The van der Waals surface area contributed by atoms with Crippen LogP contribution in [0, 0.1) is 34.9 Å². The summed E-state index contributed by atoms with van der Waals surface area (Å²) >= 11 is 0. The number of nitrogen functional groups attached to an aromatic ring is 6.